The highest BCUT2D eigenvalue weighted by atomic mass is 31.3. The average Bonchev–Trinajstić information content (AvgIpc) is 3.14. The van der Waals surface area contributed by atoms with Gasteiger partial charge >= 0.3 is 21.6 Å². The van der Waals surface area contributed by atoms with Crippen LogP contribution in [0.4, 0.5) is 5.82 Å². The highest BCUT2D eigenvalue weighted by Crippen LogP contribution is 2.57. The van der Waals surface area contributed by atoms with E-state index in [0.717, 1.165) is 13.3 Å². The van der Waals surface area contributed by atoms with E-state index in [1.165, 1.54) is 10.9 Å². The Bertz CT molecular complexity index is 1040. The van der Waals surface area contributed by atoms with Gasteiger partial charge in [0.15, 0.2) is 23.8 Å². The second-order valence-electron chi connectivity index (χ2n) is 6.05. The van der Waals surface area contributed by atoms with Gasteiger partial charge in [0.1, 0.15) is 24.1 Å². The molecule has 0 spiro atoms. The zero-order chi connectivity index (χ0) is 22.3. The third-order valence-electron chi connectivity index (χ3n) is 3.89. The van der Waals surface area contributed by atoms with Gasteiger partial charge in [-0.15, -0.1) is 0 Å². The van der Waals surface area contributed by atoms with Crippen molar-refractivity contribution >= 4 is 38.6 Å². The molecule has 166 valence electrons. The molecule has 2 unspecified atom stereocenters. The summed E-state index contributed by atoms with van der Waals surface area (Å²) >= 11 is 0. The van der Waals surface area contributed by atoms with Crippen LogP contribution in [0.2, 0.25) is 0 Å². The summed E-state index contributed by atoms with van der Waals surface area (Å²) in [6.45, 7) is 0.253. The van der Waals surface area contributed by atoms with E-state index in [1.807, 2.05) is 0 Å². The molecule has 6 N–H and O–H groups in total. The van der Waals surface area contributed by atoms with E-state index < -0.39 is 52.8 Å². The minimum absolute atomic E-state index is 0.0667. The van der Waals surface area contributed by atoms with Crippen molar-refractivity contribution in [3.05, 3.63) is 12.7 Å². The van der Waals surface area contributed by atoms with Gasteiger partial charge in [-0.3, -0.25) is 13.9 Å². The Kier molecular flexibility index (Phi) is 6.25. The number of esters is 1. The quantitative estimate of drug-likeness (QED) is 0.237. The second kappa shape index (κ2) is 8.26. The number of fused-ring (bicyclic) bond motifs is 1. The van der Waals surface area contributed by atoms with Gasteiger partial charge < -0.3 is 35.0 Å². The summed E-state index contributed by atoms with van der Waals surface area (Å²) < 4.78 is 42.5. The number of imidazole rings is 1. The minimum atomic E-state index is -5.33. The summed E-state index contributed by atoms with van der Waals surface area (Å²) in [5, 5.41) is 10.5. The number of aliphatic hydroxyl groups is 1. The maximum Gasteiger partial charge on any atom is 0.481 e. The number of carbonyl (C=O) groups excluding carboxylic acids is 1. The van der Waals surface area contributed by atoms with Crippen molar-refractivity contribution < 1.29 is 52.0 Å². The fraction of sp³-hybridized carbons (Fsp3) is 0.500. The van der Waals surface area contributed by atoms with Crippen LogP contribution >= 0.6 is 15.6 Å². The summed E-state index contributed by atoms with van der Waals surface area (Å²) in [7, 11) is -10.5. The van der Waals surface area contributed by atoms with E-state index in [-0.39, 0.29) is 17.0 Å². The summed E-state index contributed by atoms with van der Waals surface area (Å²) in [5.74, 6) is -0.692. The first kappa shape index (κ1) is 22.7. The Hall–Kier alpha value is -2.00. The van der Waals surface area contributed by atoms with Gasteiger partial charge in [-0.2, -0.15) is 4.31 Å². The van der Waals surface area contributed by atoms with Gasteiger partial charge in [0, 0.05) is 6.92 Å². The number of nitrogen functional groups attached to an aromatic ring is 1. The highest BCUT2D eigenvalue weighted by Gasteiger charge is 2.48. The zero-order valence-corrected chi connectivity index (χ0v) is 16.9. The Morgan fingerprint density at radius 1 is 1.30 bits per heavy atom. The van der Waals surface area contributed by atoms with Crippen molar-refractivity contribution in [2.24, 2.45) is 0 Å². The molecule has 2 aromatic heterocycles. The molecule has 1 aliphatic rings. The number of aromatic nitrogens is 4. The van der Waals surface area contributed by atoms with Crippen LogP contribution in [0, 0.1) is 0 Å². The Balaban J connectivity index is 1.85. The standard InChI is InChI=1S/C12H17N5O11P2/c1-5(18)26-9-8(19)6(2-25-30(23,24)28-29(20,21)22)27-12(9)17-4-16-7-10(13)14-3-15-11(7)17/h3-4,6,8-9,12,19H,2H2,1H3,(H,23,24)(H2,13,14,15)(H2,20,21,22)/t6-,8?,9+,12-/m1/s1. The SMILES string of the molecule is CC(=O)O[C@H]1C(O)[C@@H](COP(=O)(O)OP(=O)(O)O)O[C@H]1n1cnc2c(N)ncnc21. The van der Waals surface area contributed by atoms with Crippen molar-refractivity contribution in [3.63, 3.8) is 0 Å². The first-order valence-corrected chi connectivity index (χ1v) is 11.1. The second-order valence-corrected chi connectivity index (χ2v) is 8.88. The summed E-state index contributed by atoms with van der Waals surface area (Å²) in [4.78, 5) is 50.0. The van der Waals surface area contributed by atoms with Gasteiger partial charge in [0.25, 0.3) is 0 Å². The number of phosphoric ester groups is 1. The fourth-order valence-corrected chi connectivity index (χ4v) is 4.38. The number of nitrogens with two attached hydrogens (primary N) is 1. The van der Waals surface area contributed by atoms with Crippen LogP contribution in [0.1, 0.15) is 13.2 Å². The molecule has 18 heteroatoms. The van der Waals surface area contributed by atoms with Crippen molar-refractivity contribution in [2.45, 2.75) is 31.5 Å². The van der Waals surface area contributed by atoms with Crippen LogP contribution in [0.5, 0.6) is 0 Å². The zero-order valence-electron chi connectivity index (χ0n) is 15.1. The number of hydrogen-bond donors (Lipinski definition) is 5. The summed E-state index contributed by atoms with van der Waals surface area (Å²) in [6.07, 6.45) is -3.03. The molecular formula is C12H17N5O11P2. The fourth-order valence-electron chi connectivity index (χ4n) is 2.78. The van der Waals surface area contributed by atoms with Crippen molar-refractivity contribution in [1.29, 1.82) is 0 Å². The van der Waals surface area contributed by atoms with Crippen molar-refractivity contribution in [2.75, 3.05) is 12.3 Å². The van der Waals surface area contributed by atoms with Crippen LogP contribution in [-0.2, 0) is 32.2 Å². The maximum absolute atomic E-state index is 11.6. The molecular weight excluding hydrogens is 452 g/mol. The smallest absolute Gasteiger partial charge is 0.455 e. The third kappa shape index (κ3) is 5.00. The number of carbonyl (C=O) groups is 1. The summed E-state index contributed by atoms with van der Waals surface area (Å²) in [6, 6.07) is 0. The van der Waals surface area contributed by atoms with E-state index >= 15 is 0 Å². The molecule has 0 amide bonds. The molecule has 30 heavy (non-hydrogen) atoms. The Morgan fingerprint density at radius 2 is 2.00 bits per heavy atom. The molecule has 5 atom stereocenters. The molecule has 2 aromatic rings. The van der Waals surface area contributed by atoms with Gasteiger partial charge in [-0.25, -0.2) is 24.1 Å². The Labute approximate surface area is 167 Å². The van der Waals surface area contributed by atoms with Gasteiger partial charge in [-0.1, -0.05) is 0 Å². The lowest BCUT2D eigenvalue weighted by atomic mass is 10.1. The van der Waals surface area contributed by atoms with E-state index in [0.29, 0.717) is 0 Å². The molecule has 3 rings (SSSR count). The van der Waals surface area contributed by atoms with Crippen LogP contribution < -0.4 is 5.73 Å². The van der Waals surface area contributed by atoms with Crippen LogP contribution in [0.15, 0.2) is 12.7 Å². The van der Waals surface area contributed by atoms with Crippen molar-refractivity contribution in [1.82, 2.24) is 19.5 Å². The lowest BCUT2D eigenvalue weighted by Gasteiger charge is -2.21. The van der Waals surface area contributed by atoms with Gasteiger partial charge in [0.2, 0.25) is 0 Å². The van der Waals surface area contributed by atoms with E-state index in [4.69, 9.17) is 25.0 Å². The third-order valence-corrected chi connectivity index (χ3v) is 6.04. The van der Waals surface area contributed by atoms with Crippen LogP contribution in [0.3, 0.4) is 0 Å². The predicted octanol–water partition coefficient (Wildman–Crippen LogP) is -1.18. The van der Waals surface area contributed by atoms with Crippen molar-refractivity contribution in [3.8, 4) is 0 Å². The predicted molar refractivity (Wildman–Crippen MR) is 94.1 cm³/mol. The monoisotopic (exact) mass is 469 g/mol. The largest absolute Gasteiger partial charge is 0.481 e. The Morgan fingerprint density at radius 3 is 2.63 bits per heavy atom. The normalized spacial score (nSPS) is 26.6. The minimum Gasteiger partial charge on any atom is -0.455 e. The summed E-state index contributed by atoms with van der Waals surface area (Å²) in [5.41, 5.74) is 6.13. The number of phosphoric acid groups is 2. The maximum atomic E-state index is 11.6. The number of aliphatic hydroxyl groups excluding tert-OH is 1. The van der Waals surface area contributed by atoms with E-state index in [9.17, 15) is 23.9 Å². The number of ether oxygens (including phenoxy) is 2. The van der Waals surface area contributed by atoms with E-state index in [1.54, 1.807) is 0 Å². The van der Waals surface area contributed by atoms with Crippen LogP contribution in [0.25, 0.3) is 11.2 Å². The molecule has 3 heterocycles. The molecule has 0 aromatic carbocycles. The molecule has 1 aliphatic heterocycles. The molecule has 0 aliphatic carbocycles. The number of nitrogens with zero attached hydrogens (tertiary/aromatic N) is 4. The molecule has 0 bridgehead atoms. The van der Waals surface area contributed by atoms with Gasteiger partial charge in [0.05, 0.1) is 12.9 Å². The number of rotatable bonds is 7. The van der Waals surface area contributed by atoms with Gasteiger partial charge in [-0.05, 0) is 0 Å². The average molecular weight is 469 g/mol. The number of hydrogen-bond acceptors (Lipinski definition) is 12. The van der Waals surface area contributed by atoms with E-state index in [2.05, 4.69) is 23.8 Å². The lowest BCUT2D eigenvalue weighted by molar-refractivity contribution is -0.155. The molecule has 0 radical (unpaired) electrons. The van der Waals surface area contributed by atoms with Crippen LogP contribution in [-0.4, -0.2) is 70.2 Å². The molecule has 16 nitrogen and oxygen atoms in total. The number of anilines is 1. The lowest BCUT2D eigenvalue weighted by Crippen LogP contribution is -2.36. The topological polar surface area (TPSA) is 239 Å². The first-order chi connectivity index (χ1) is 13.9. The molecule has 1 fully saturated rings. The first-order valence-electron chi connectivity index (χ1n) is 8.06. The highest BCUT2D eigenvalue weighted by molar-refractivity contribution is 7.60. The molecule has 1 saturated heterocycles. The molecule has 0 saturated carbocycles.